The van der Waals surface area contributed by atoms with Gasteiger partial charge in [-0.05, 0) is 32.0 Å². The van der Waals surface area contributed by atoms with Crippen LogP contribution in [0.25, 0.3) is 0 Å². The van der Waals surface area contributed by atoms with E-state index in [4.69, 9.17) is 4.42 Å². The molecule has 0 unspecified atom stereocenters. The molecule has 0 atom stereocenters. The van der Waals surface area contributed by atoms with Crippen molar-refractivity contribution in [3.8, 4) is 0 Å². The normalized spacial score (nSPS) is 17.2. The molecule has 1 saturated heterocycles. The van der Waals surface area contributed by atoms with Crippen LogP contribution in [0.3, 0.4) is 0 Å². The van der Waals surface area contributed by atoms with Gasteiger partial charge in [-0.3, -0.25) is 0 Å². The van der Waals surface area contributed by atoms with Gasteiger partial charge in [-0.1, -0.05) is 0 Å². The summed E-state index contributed by atoms with van der Waals surface area (Å²) in [4.78, 5) is 11.3. The number of nitrogens with one attached hydrogen (secondary N) is 1. The summed E-state index contributed by atoms with van der Waals surface area (Å²) in [7, 11) is -0.609. The van der Waals surface area contributed by atoms with Gasteiger partial charge in [0.05, 0.1) is 7.11 Å². The number of nitrogens with zero attached hydrogens (tertiary/aromatic N) is 1. The van der Waals surface area contributed by atoms with Gasteiger partial charge in [0.15, 0.2) is 0 Å². The molecule has 7 nitrogen and oxygen atoms in total. The van der Waals surface area contributed by atoms with E-state index in [-0.39, 0.29) is 23.3 Å². The molecule has 9 heteroatoms. The third kappa shape index (κ3) is 3.76. The molecule has 1 aliphatic heterocycles. The number of halogens is 1. The molecule has 1 aromatic rings. The zero-order chi connectivity index (χ0) is 14.8. The van der Waals surface area contributed by atoms with Gasteiger partial charge in [-0.2, -0.15) is 4.31 Å². The fourth-order valence-corrected chi connectivity index (χ4v) is 3.56. The number of ether oxygens (including phenoxy) is 1. The minimum Gasteiger partial charge on any atom is -0.463 e. The van der Waals surface area contributed by atoms with Crippen molar-refractivity contribution in [3.63, 3.8) is 0 Å². The quantitative estimate of drug-likeness (QED) is 0.819. The summed E-state index contributed by atoms with van der Waals surface area (Å²) >= 11 is 0. The summed E-state index contributed by atoms with van der Waals surface area (Å²) in [5, 5.41) is 2.91. The Morgan fingerprint density at radius 2 is 2.00 bits per heavy atom. The smallest absolute Gasteiger partial charge is 0.374 e. The topological polar surface area (TPSA) is 88.9 Å². The van der Waals surface area contributed by atoms with Gasteiger partial charge in [0.25, 0.3) is 10.0 Å². The van der Waals surface area contributed by atoms with E-state index in [1.807, 2.05) is 7.05 Å². The Labute approximate surface area is 130 Å². The minimum absolute atomic E-state index is 0. The number of furan rings is 1. The molecule has 0 amide bonds. The molecule has 0 radical (unpaired) electrons. The predicted molar refractivity (Wildman–Crippen MR) is 78.1 cm³/mol. The van der Waals surface area contributed by atoms with Gasteiger partial charge >= 0.3 is 5.97 Å². The molecule has 2 rings (SSSR count). The Hall–Kier alpha value is -1.09. The second kappa shape index (κ2) is 7.26. The summed E-state index contributed by atoms with van der Waals surface area (Å²) in [6.07, 6.45) is 1.50. The molecule has 21 heavy (non-hydrogen) atoms. The molecule has 1 aromatic heterocycles. The van der Waals surface area contributed by atoms with E-state index in [1.54, 1.807) is 0 Å². The second-order valence-electron chi connectivity index (χ2n) is 4.58. The van der Waals surface area contributed by atoms with E-state index in [0.29, 0.717) is 19.1 Å². The first-order valence-corrected chi connectivity index (χ1v) is 7.78. The molecular weight excluding hydrogens is 320 g/mol. The average Bonchev–Trinajstić information content (AvgIpc) is 2.97. The van der Waals surface area contributed by atoms with E-state index < -0.39 is 16.0 Å². The van der Waals surface area contributed by atoms with Crippen LogP contribution >= 0.6 is 12.4 Å². The highest BCUT2D eigenvalue weighted by Gasteiger charge is 2.31. The van der Waals surface area contributed by atoms with Crippen LogP contribution in [0.4, 0.5) is 0 Å². The number of rotatable bonds is 4. The SMILES string of the molecule is CNC1CCN(S(=O)(=O)c2ccc(C(=O)OC)o2)CC1.Cl. The molecule has 1 N–H and O–H groups in total. The number of methoxy groups -OCH3 is 1. The highest BCUT2D eigenvalue weighted by Crippen LogP contribution is 2.22. The Morgan fingerprint density at radius 1 is 1.38 bits per heavy atom. The van der Waals surface area contributed by atoms with Crippen molar-refractivity contribution in [3.05, 3.63) is 17.9 Å². The first kappa shape index (κ1) is 18.0. The monoisotopic (exact) mass is 338 g/mol. The van der Waals surface area contributed by atoms with E-state index in [9.17, 15) is 13.2 Å². The van der Waals surface area contributed by atoms with Gasteiger partial charge in [0, 0.05) is 19.1 Å². The van der Waals surface area contributed by atoms with Crippen molar-refractivity contribution in [1.82, 2.24) is 9.62 Å². The van der Waals surface area contributed by atoms with Crippen molar-refractivity contribution in [1.29, 1.82) is 0 Å². The summed E-state index contributed by atoms with van der Waals surface area (Å²) in [5.41, 5.74) is 0. The van der Waals surface area contributed by atoms with Gasteiger partial charge in [0.1, 0.15) is 0 Å². The minimum atomic E-state index is -3.68. The fraction of sp³-hybridized carbons (Fsp3) is 0.583. The summed E-state index contributed by atoms with van der Waals surface area (Å²) in [6.45, 7) is 0.865. The lowest BCUT2D eigenvalue weighted by atomic mass is 10.1. The van der Waals surface area contributed by atoms with E-state index in [2.05, 4.69) is 10.1 Å². The average molecular weight is 339 g/mol. The molecule has 0 aliphatic carbocycles. The zero-order valence-electron chi connectivity index (χ0n) is 11.9. The van der Waals surface area contributed by atoms with Crippen LogP contribution in [-0.4, -0.2) is 52.0 Å². The fourth-order valence-electron chi connectivity index (χ4n) is 2.18. The molecule has 0 bridgehead atoms. The highest BCUT2D eigenvalue weighted by molar-refractivity contribution is 7.89. The van der Waals surface area contributed by atoms with Crippen molar-refractivity contribution >= 4 is 28.4 Å². The van der Waals surface area contributed by atoms with Gasteiger partial charge in [-0.15, -0.1) is 12.4 Å². The highest BCUT2D eigenvalue weighted by atomic mass is 35.5. The van der Waals surface area contributed by atoms with Crippen LogP contribution in [0.5, 0.6) is 0 Å². The maximum Gasteiger partial charge on any atom is 0.374 e. The largest absolute Gasteiger partial charge is 0.463 e. The molecule has 0 saturated carbocycles. The Bertz CT molecular complexity index is 578. The number of esters is 1. The lowest BCUT2D eigenvalue weighted by molar-refractivity contribution is 0.0558. The number of carbonyl (C=O) groups excluding carboxylic acids is 1. The van der Waals surface area contributed by atoms with Crippen molar-refractivity contribution in [2.24, 2.45) is 0 Å². The van der Waals surface area contributed by atoms with Crippen LogP contribution in [0.15, 0.2) is 21.6 Å². The molecule has 0 spiro atoms. The molecule has 120 valence electrons. The molecule has 1 aliphatic rings. The van der Waals surface area contributed by atoms with Crippen LogP contribution < -0.4 is 5.32 Å². The number of hydrogen-bond donors (Lipinski definition) is 1. The maximum absolute atomic E-state index is 12.4. The molecule has 0 aromatic carbocycles. The summed E-state index contributed by atoms with van der Waals surface area (Å²) in [6, 6.07) is 2.92. The Kier molecular flexibility index (Phi) is 6.21. The number of sulfonamides is 1. The Balaban J connectivity index is 0.00000220. The zero-order valence-corrected chi connectivity index (χ0v) is 13.5. The summed E-state index contributed by atoms with van der Waals surface area (Å²) < 4.78 is 35.7. The van der Waals surface area contributed by atoms with E-state index in [1.165, 1.54) is 23.5 Å². The lowest BCUT2D eigenvalue weighted by Gasteiger charge is -2.30. The molecular formula is C12H19ClN2O5S. The van der Waals surface area contributed by atoms with Crippen molar-refractivity contribution < 1.29 is 22.4 Å². The first-order valence-electron chi connectivity index (χ1n) is 6.34. The van der Waals surface area contributed by atoms with Gasteiger partial charge in [-0.25, -0.2) is 13.2 Å². The van der Waals surface area contributed by atoms with Gasteiger partial charge in [0.2, 0.25) is 10.9 Å². The summed E-state index contributed by atoms with van der Waals surface area (Å²) in [5.74, 6) is -0.809. The van der Waals surface area contributed by atoms with Crippen molar-refractivity contribution in [2.45, 2.75) is 24.0 Å². The van der Waals surface area contributed by atoms with Gasteiger partial charge < -0.3 is 14.5 Å². The first-order chi connectivity index (χ1) is 9.48. The van der Waals surface area contributed by atoms with E-state index >= 15 is 0 Å². The predicted octanol–water partition coefficient (Wildman–Crippen LogP) is 0.861. The van der Waals surface area contributed by atoms with Crippen LogP contribution in [-0.2, 0) is 14.8 Å². The standard InChI is InChI=1S/C12H18N2O5S.ClH/c1-13-9-5-7-14(8-6-9)20(16,17)11-4-3-10(19-11)12(15)18-2;/h3-4,9,13H,5-8H2,1-2H3;1H. The molecule has 1 fully saturated rings. The van der Waals surface area contributed by atoms with Crippen LogP contribution in [0, 0.1) is 0 Å². The van der Waals surface area contributed by atoms with Crippen molar-refractivity contribution in [2.75, 3.05) is 27.2 Å². The van der Waals surface area contributed by atoms with Crippen LogP contribution in [0.1, 0.15) is 23.4 Å². The third-order valence-corrected chi connectivity index (χ3v) is 5.20. The maximum atomic E-state index is 12.4. The number of piperidine rings is 1. The molecule has 2 heterocycles. The van der Waals surface area contributed by atoms with E-state index in [0.717, 1.165) is 12.8 Å². The number of hydrogen-bond acceptors (Lipinski definition) is 6. The lowest BCUT2D eigenvalue weighted by Crippen LogP contribution is -2.43. The number of carbonyl (C=O) groups is 1. The Morgan fingerprint density at radius 3 is 2.52 bits per heavy atom. The second-order valence-corrected chi connectivity index (χ2v) is 6.45. The third-order valence-electron chi connectivity index (χ3n) is 3.42. The van der Waals surface area contributed by atoms with Crippen LogP contribution in [0.2, 0.25) is 0 Å².